The zero-order valence-corrected chi connectivity index (χ0v) is 14.8. The van der Waals surface area contributed by atoms with Crippen LogP contribution in [0.25, 0.3) is 11.0 Å². The summed E-state index contributed by atoms with van der Waals surface area (Å²) in [5.74, 6) is 1.05. The number of halogens is 1. The van der Waals surface area contributed by atoms with Crippen molar-refractivity contribution in [3.8, 4) is 0 Å². The fourth-order valence-electron chi connectivity index (χ4n) is 3.59. The Kier molecular flexibility index (Phi) is 4.51. The van der Waals surface area contributed by atoms with Gasteiger partial charge in [0.15, 0.2) is 0 Å². The number of fused-ring (bicyclic) bond motifs is 1. The molecule has 7 heteroatoms. The van der Waals surface area contributed by atoms with Crippen molar-refractivity contribution in [1.29, 1.82) is 0 Å². The number of aromatic amines is 2. The number of nitrogens with zero attached hydrogens (tertiary/aromatic N) is 1. The Hall–Kier alpha value is -2.60. The van der Waals surface area contributed by atoms with Crippen molar-refractivity contribution in [2.75, 3.05) is 0 Å². The molecule has 0 aliphatic heterocycles. The lowest BCUT2D eigenvalue weighted by Crippen LogP contribution is -2.38. The number of H-pyrrole nitrogens is 2. The predicted octanol–water partition coefficient (Wildman–Crippen LogP) is 3.36. The number of hydrogen-bond donors (Lipinski definition) is 3. The van der Waals surface area contributed by atoms with Crippen molar-refractivity contribution < 1.29 is 4.79 Å². The van der Waals surface area contributed by atoms with E-state index in [2.05, 4.69) is 15.3 Å². The van der Waals surface area contributed by atoms with Gasteiger partial charge in [0.2, 0.25) is 0 Å². The summed E-state index contributed by atoms with van der Waals surface area (Å²) in [5.41, 5.74) is 1.97. The second-order valence-corrected chi connectivity index (χ2v) is 7.15. The molecule has 1 fully saturated rings. The molecule has 0 unspecified atom stereocenters. The van der Waals surface area contributed by atoms with Crippen LogP contribution in [0, 0.1) is 0 Å². The molecule has 2 aromatic heterocycles. The molecular formula is C19H19ClN4O2. The van der Waals surface area contributed by atoms with Gasteiger partial charge in [0.25, 0.3) is 11.5 Å². The minimum absolute atomic E-state index is 0.0152. The topological polar surface area (TPSA) is 90.6 Å². The molecule has 0 saturated heterocycles. The van der Waals surface area contributed by atoms with E-state index in [4.69, 9.17) is 16.6 Å². The van der Waals surface area contributed by atoms with E-state index in [9.17, 15) is 9.59 Å². The number of aromatic nitrogens is 3. The van der Waals surface area contributed by atoms with Crippen LogP contribution in [0.5, 0.6) is 0 Å². The quantitative estimate of drug-likeness (QED) is 0.660. The highest BCUT2D eigenvalue weighted by molar-refractivity contribution is 6.30. The van der Waals surface area contributed by atoms with E-state index in [1.807, 2.05) is 24.3 Å². The van der Waals surface area contributed by atoms with Crippen LogP contribution in [-0.4, -0.2) is 26.9 Å². The van der Waals surface area contributed by atoms with Crippen molar-refractivity contribution in [1.82, 2.24) is 20.3 Å². The van der Waals surface area contributed by atoms with Crippen molar-refractivity contribution in [2.24, 2.45) is 0 Å². The number of para-hydroxylation sites is 2. The van der Waals surface area contributed by atoms with E-state index >= 15 is 0 Å². The van der Waals surface area contributed by atoms with Crippen LogP contribution in [0.3, 0.4) is 0 Å². The van der Waals surface area contributed by atoms with Crippen LogP contribution >= 0.6 is 11.6 Å². The number of amides is 1. The Morgan fingerprint density at radius 2 is 2.12 bits per heavy atom. The van der Waals surface area contributed by atoms with E-state index < -0.39 is 5.56 Å². The van der Waals surface area contributed by atoms with Gasteiger partial charge in [-0.25, -0.2) is 4.98 Å². The highest BCUT2D eigenvalue weighted by atomic mass is 35.5. The minimum atomic E-state index is -0.397. The van der Waals surface area contributed by atoms with Crippen LogP contribution in [0.1, 0.15) is 47.8 Å². The summed E-state index contributed by atoms with van der Waals surface area (Å²) in [5, 5.41) is 3.07. The second kappa shape index (κ2) is 6.96. The smallest absolute Gasteiger partial charge is 0.266 e. The number of imidazole rings is 1. The van der Waals surface area contributed by atoms with Gasteiger partial charge in [0, 0.05) is 18.2 Å². The summed E-state index contributed by atoms with van der Waals surface area (Å²) < 4.78 is 0. The highest BCUT2D eigenvalue weighted by Gasteiger charge is 2.26. The fraction of sp³-hybridized carbons (Fsp3) is 0.316. The van der Waals surface area contributed by atoms with Crippen molar-refractivity contribution in [3.63, 3.8) is 0 Å². The van der Waals surface area contributed by atoms with Gasteiger partial charge in [-0.1, -0.05) is 30.2 Å². The van der Waals surface area contributed by atoms with Gasteiger partial charge in [-0.05, 0) is 37.5 Å². The van der Waals surface area contributed by atoms with E-state index in [0.717, 1.165) is 42.5 Å². The minimum Gasteiger partial charge on any atom is -0.349 e. The van der Waals surface area contributed by atoms with Crippen molar-refractivity contribution in [3.05, 3.63) is 63.3 Å². The lowest BCUT2D eigenvalue weighted by atomic mass is 9.85. The van der Waals surface area contributed by atoms with Crippen molar-refractivity contribution >= 4 is 28.5 Å². The Labute approximate surface area is 155 Å². The first kappa shape index (κ1) is 16.8. The molecular weight excluding hydrogens is 352 g/mol. The summed E-state index contributed by atoms with van der Waals surface area (Å²) in [4.78, 5) is 34.4. The first-order valence-electron chi connectivity index (χ1n) is 8.74. The Bertz CT molecular complexity index is 977. The van der Waals surface area contributed by atoms with E-state index in [0.29, 0.717) is 11.5 Å². The fourth-order valence-corrected chi connectivity index (χ4v) is 3.76. The van der Waals surface area contributed by atoms with Gasteiger partial charge >= 0.3 is 0 Å². The van der Waals surface area contributed by atoms with E-state index in [1.165, 1.54) is 12.3 Å². The van der Waals surface area contributed by atoms with Gasteiger partial charge in [-0.2, -0.15) is 0 Å². The number of pyridine rings is 1. The van der Waals surface area contributed by atoms with Crippen LogP contribution in [-0.2, 0) is 0 Å². The molecule has 2 atom stereocenters. The van der Waals surface area contributed by atoms with Gasteiger partial charge < -0.3 is 15.3 Å². The number of rotatable bonds is 3. The monoisotopic (exact) mass is 370 g/mol. The SMILES string of the molecule is O=C(N[C@@H]1CCC[C@H](c2nc3ccccc3[nH]2)C1)c1c[nH]c(=O)c(Cl)c1. The number of carbonyl (C=O) groups excluding carboxylic acids is 1. The maximum atomic E-state index is 12.4. The molecule has 1 aromatic carbocycles. The zero-order chi connectivity index (χ0) is 18.1. The van der Waals surface area contributed by atoms with Gasteiger partial charge in [-0.3, -0.25) is 9.59 Å². The van der Waals surface area contributed by atoms with Crippen LogP contribution in [0.2, 0.25) is 5.02 Å². The summed E-state index contributed by atoms with van der Waals surface area (Å²) in [7, 11) is 0. The molecule has 4 rings (SSSR count). The molecule has 1 aliphatic carbocycles. The third kappa shape index (κ3) is 3.37. The summed E-state index contributed by atoms with van der Waals surface area (Å²) in [6, 6.07) is 9.45. The molecule has 0 spiro atoms. The van der Waals surface area contributed by atoms with Crippen LogP contribution in [0.15, 0.2) is 41.3 Å². The maximum absolute atomic E-state index is 12.4. The molecule has 3 aromatic rings. The standard InChI is InChI=1S/C19H19ClN4O2/c20-14-9-12(10-21-19(14)26)18(25)22-13-5-3-4-11(8-13)17-23-15-6-1-2-7-16(15)24-17/h1-2,6-7,9-11,13H,3-5,8H2,(H,21,26)(H,22,25)(H,23,24)/t11-,13+/m0/s1. The number of benzene rings is 1. The van der Waals surface area contributed by atoms with Gasteiger partial charge in [0.1, 0.15) is 10.8 Å². The molecule has 26 heavy (non-hydrogen) atoms. The summed E-state index contributed by atoms with van der Waals surface area (Å²) >= 11 is 5.81. The first-order valence-corrected chi connectivity index (χ1v) is 9.11. The second-order valence-electron chi connectivity index (χ2n) is 6.74. The average Bonchev–Trinajstić information content (AvgIpc) is 3.08. The molecule has 0 radical (unpaired) electrons. The lowest BCUT2D eigenvalue weighted by Gasteiger charge is -2.28. The molecule has 0 bridgehead atoms. The lowest BCUT2D eigenvalue weighted by molar-refractivity contribution is 0.0924. The predicted molar refractivity (Wildman–Crippen MR) is 101 cm³/mol. The molecule has 1 amide bonds. The third-order valence-corrected chi connectivity index (χ3v) is 5.20. The number of hydrogen-bond acceptors (Lipinski definition) is 3. The Morgan fingerprint density at radius 1 is 1.27 bits per heavy atom. The van der Waals surface area contributed by atoms with Gasteiger partial charge in [0.05, 0.1) is 16.6 Å². The molecule has 2 heterocycles. The van der Waals surface area contributed by atoms with E-state index in [1.54, 1.807) is 0 Å². The normalized spacial score (nSPS) is 20.2. The Morgan fingerprint density at radius 3 is 2.92 bits per heavy atom. The molecule has 6 nitrogen and oxygen atoms in total. The maximum Gasteiger partial charge on any atom is 0.266 e. The molecule has 134 valence electrons. The third-order valence-electron chi connectivity index (χ3n) is 4.92. The van der Waals surface area contributed by atoms with Crippen LogP contribution in [0.4, 0.5) is 0 Å². The first-order chi connectivity index (χ1) is 12.6. The molecule has 3 N–H and O–H groups in total. The number of nitrogens with one attached hydrogen (secondary N) is 3. The van der Waals surface area contributed by atoms with Crippen LogP contribution < -0.4 is 10.9 Å². The highest BCUT2D eigenvalue weighted by Crippen LogP contribution is 2.32. The number of carbonyl (C=O) groups is 1. The molecule has 1 saturated carbocycles. The largest absolute Gasteiger partial charge is 0.349 e. The molecule has 1 aliphatic rings. The summed E-state index contributed by atoms with van der Waals surface area (Å²) in [6.45, 7) is 0. The van der Waals surface area contributed by atoms with Gasteiger partial charge in [-0.15, -0.1) is 0 Å². The van der Waals surface area contributed by atoms with E-state index in [-0.39, 0.29) is 17.0 Å². The zero-order valence-electron chi connectivity index (χ0n) is 14.1. The Balaban J connectivity index is 1.47. The average molecular weight is 371 g/mol. The summed E-state index contributed by atoms with van der Waals surface area (Å²) in [6.07, 6.45) is 5.24. The van der Waals surface area contributed by atoms with Crippen molar-refractivity contribution in [2.45, 2.75) is 37.6 Å².